The van der Waals surface area contributed by atoms with Gasteiger partial charge in [-0.15, -0.1) is 0 Å². The molecule has 1 atom stereocenters. The number of aryl methyl sites for hydroxylation is 2. The molecule has 1 fully saturated rings. The van der Waals surface area contributed by atoms with Crippen LogP contribution in [0, 0.1) is 13.8 Å². The van der Waals surface area contributed by atoms with Gasteiger partial charge in [-0.3, -0.25) is 4.90 Å². The highest BCUT2D eigenvalue weighted by Crippen LogP contribution is 2.34. The number of aromatic nitrogens is 1. The number of ether oxygens (including phenoxy) is 1. The molecule has 27 heavy (non-hydrogen) atoms. The largest absolute Gasteiger partial charge is 0.497 e. The first-order valence-corrected chi connectivity index (χ1v) is 9.54. The first-order chi connectivity index (χ1) is 13.1. The molecule has 0 amide bonds. The smallest absolute Gasteiger partial charge is 0.226 e. The van der Waals surface area contributed by atoms with Gasteiger partial charge < -0.3 is 9.15 Å². The van der Waals surface area contributed by atoms with Gasteiger partial charge in [-0.2, -0.15) is 0 Å². The Labute approximate surface area is 160 Å². The highest BCUT2D eigenvalue weighted by atomic mass is 16.5. The van der Waals surface area contributed by atoms with E-state index in [0.29, 0.717) is 11.9 Å². The fraction of sp³-hybridized carbons (Fsp3) is 0.348. The summed E-state index contributed by atoms with van der Waals surface area (Å²) in [4.78, 5) is 7.25. The van der Waals surface area contributed by atoms with E-state index >= 15 is 0 Å². The Morgan fingerprint density at radius 1 is 1.15 bits per heavy atom. The Morgan fingerprint density at radius 2 is 1.96 bits per heavy atom. The molecular weight excluding hydrogens is 336 g/mol. The minimum atomic E-state index is 0.428. The zero-order chi connectivity index (χ0) is 18.8. The maximum atomic E-state index is 5.80. The van der Waals surface area contributed by atoms with Gasteiger partial charge in [-0.05, 0) is 62.6 Å². The molecule has 0 saturated carbocycles. The highest BCUT2D eigenvalue weighted by Gasteiger charge is 2.27. The van der Waals surface area contributed by atoms with Crippen LogP contribution in [0.4, 0.5) is 0 Å². The first kappa shape index (κ1) is 17.8. The minimum absolute atomic E-state index is 0.428. The van der Waals surface area contributed by atoms with Crippen LogP contribution in [0.3, 0.4) is 0 Å². The summed E-state index contributed by atoms with van der Waals surface area (Å²) in [5, 5.41) is 0. The van der Waals surface area contributed by atoms with E-state index in [1.807, 2.05) is 12.1 Å². The van der Waals surface area contributed by atoms with Gasteiger partial charge in [0.05, 0.1) is 12.8 Å². The topological polar surface area (TPSA) is 38.5 Å². The Balaban J connectivity index is 1.50. The summed E-state index contributed by atoms with van der Waals surface area (Å²) in [6, 6.07) is 15.2. The third-order valence-corrected chi connectivity index (χ3v) is 5.39. The molecule has 0 aliphatic carbocycles. The van der Waals surface area contributed by atoms with Crippen molar-refractivity contribution in [3.63, 3.8) is 0 Å². The standard InChI is InChI=1S/C23H26N2O2/c1-16-6-11-21(17(2)13-16)23-24-19(15-27-23)14-25-12-4-5-22(25)18-7-9-20(26-3)10-8-18/h6-11,13,15,22H,4-5,12,14H2,1-3H3/t22-/m0/s1. The molecule has 1 aliphatic heterocycles. The monoisotopic (exact) mass is 362 g/mol. The predicted molar refractivity (Wildman–Crippen MR) is 107 cm³/mol. The lowest BCUT2D eigenvalue weighted by atomic mass is 10.0. The third-order valence-electron chi connectivity index (χ3n) is 5.39. The van der Waals surface area contributed by atoms with Crippen LogP contribution >= 0.6 is 0 Å². The second kappa shape index (κ2) is 7.57. The van der Waals surface area contributed by atoms with Crippen LogP contribution in [-0.4, -0.2) is 23.5 Å². The van der Waals surface area contributed by atoms with Crippen LogP contribution in [0.1, 0.15) is 41.3 Å². The van der Waals surface area contributed by atoms with Crippen LogP contribution < -0.4 is 4.74 Å². The average Bonchev–Trinajstić information content (AvgIpc) is 3.32. The van der Waals surface area contributed by atoms with E-state index in [1.54, 1.807) is 13.4 Å². The van der Waals surface area contributed by atoms with Crippen molar-refractivity contribution in [1.29, 1.82) is 0 Å². The maximum Gasteiger partial charge on any atom is 0.226 e. The number of rotatable bonds is 5. The minimum Gasteiger partial charge on any atom is -0.497 e. The Kier molecular flexibility index (Phi) is 4.99. The molecule has 2 aromatic carbocycles. The summed E-state index contributed by atoms with van der Waals surface area (Å²) >= 11 is 0. The predicted octanol–water partition coefficient (Wildman–Crippen LogP) is 5.30. The Morgan fingerprint density at radius 3 is 2.70 bits per heavy atom. The van der Waals surface area contributed by atoms with Crippen molar-refractivity contribution in [3.8, 4) is 17.2 Å². The number of hydrogen-bond donors (Lipinski definition) is 0. The van der Waals surface area contributed by atoms with Crippen LogP contribution in [0.2, 0.25) is 0 Å². The average molecular weight is 362 g/mol. The van der Waals surface area contributed by atoms with Crippen LogP contribution in [0.5, 0.6) is 5.75 Å². The molecule has 1 aromatic heterocycles. The van der Waals surface area contributed by atoms with Gasteiger partial charge in [0, 0.05) is 18.2 Å². The molecule has 2 heterocycles. The fourth-order valence-corrected chi connectivity index (χ4v) is 3.98. The summed E-state index contributed by atoms with van der Waals surface area (Å²) in [5.74, 6) is 1.61. The molecular formula is C23H26N2O2. The van der Waals surface area contributed by atoms with Gasteiger partial charge >= 0.3 is 0 Å². The molecule has 4 heteroatoms. The molecule has 3 aromatic rings. The first-order valence-electron chi connectivity index (χ1n) is 9.54. The van der Waals surface area contributed by atoms with E-state index in [-0.39, 0.29) is 0 Å². The van der Waals surface area contributed by atoms with Crippen molar-refractivity contribution < 1.29 is 9.15 Å². The van der Waals surface area contributed by atoms with Crippen molar-refractivity contribution in [2.24, 2.45) is 0 Å². The number of hydrogen-bond acceptors (Lipinski definition) is 4. The number of methoxy groups -OCH3 is 1. The molecule has 1 saturated heterocycles. The normalized spacial score (nSPS) is 17.4. The zero-order valence-electron chi connectivity index (χ0n) is 16.2. The lowest BCUT2D eigenvalue weighted by Gasteiger charge is -2.24. The molecule has 4 rings (SSSR count). The lowest BCUT2D eigenvalue weighted by Crippen LogP contribution is -2.22. The van der Waals surface area contributed by atoms with Crippen LogP contribution in [0.25, 0.3) is 11.5 Å². The lowest BCUT2D eigenvalue weighted by molar-refractivity contribution is 0.245. The molecule has 140 valence electrons. The summed E-state index contributed by atoms with van der Waals surface area (Å²) in [6.07, 6.45) is 4.19. The Bertz CT molecular complexity index is 914. The van der Waals surface area contributed by atoms with Gasteiger partial charge in [0.2, 0.25) is 5.89 Å². The SMILES string of the molecule is COc1ccc([C@@H]2CCCN2Cc2coc(-c3ccc(C)cc3C)n2)cc1. The highest BCUT2D eigenvalue weighted by molar-refractivity contribution is 5.59. The number of nitrogens with zero attached hydrogens (tertiary/aromatic N) is 2. The Hall–Kier alpha value is -2.59. The van der Waals surface area contributed by atoms with Crippen LogP contribution in [-0.2, 0) is 6.54 Å². The summed E-state index contributed by atoms with van der Waals surface area (Å²) in [7, 11) is 1.70. The van der Waals surface area contributed by atoms with Crippen LogP contribution in [0.15, 0.2) is 53.1 Å². The van der Waals surface area contributed by atoms with Crippen molar-refractivity contribution in [3.05, 3.63) is 71.1 Å². The quantitative estimate of drug-likeness (QED) is 0.617. The summed E-state index contributed by atoms with van der Waals surface area (Å²) in [5.41, 5.74) is 5.85. The maximum absolute atomic E-state index is 5.80. The second-order valence-corrected chi connectivity index (χ2v) is 7.36. The van der Waals surface area contributed by atoms with E-state index in [0.717, 1.165) is 30.1 Å². The molecule has 0 N–H and O–H groups in total. The van der Waals surface area contributed by atoms with Gasteiger partial charge in [-0.25, -0.2) is 4.98 Å². The number of likely N-dealkylation sites (tertiary alicyclic amines) is 1. The van der Waals surface area contributed by atoms with Crippen molar-refractivity contribution in [1.82, 2.24) is 9.88 Å². The number of oxazole rings is 1. The van der Waals surface area contributed by atoms with Gasteiger partial charge in [0.15, 0.2) is 0 Å². The van der Waals surface area contributed by atoms with Gasteiger partial charge in [0.1, 0.15) is 12.0 Å². The number of benzene rings is 2. The summed E-state index contributed by atoms with van der Waals surface area (Å²) in [6.45, 7) is 6.10. The third kappa shape index (κ3) is 3.76. The van der Waals surface area contributed by atoms with Crippen molar-refractivity contribution in [2.45, 2.75) is 39.3 Å². The summed E-state index contributed by atoms with van der Waals surface area (Å²) < 4.78 is 11.1. The molecule has 0 unspecified atom stereocenters. The molecule has 0 bridgehead atoms. The second-order valence-electron chi connectivity index (χ2n) is 7.36. The fourth-order valence-electron chi connectivity index (χ4n) is 3.98. The van der Waals surface area contributed by atoms with E-state index < -0.39 is 0 Å². The molecule has 4 nitrogen and oxygen atoms in total. The van der Waals surface area contributed by atoms with E-state index in [4.69, 9.17) is 14.1 Å². The van der Waals surface area contributed by atoms with Crippen molar-refractivity contribution >= 4 is 0 Å². The molecule has 1 aliphatic rings. The molecule has 0 spiro atoms. The zero-order valence-corrected chi connectivity index (χ0v) is 16.2. The van der Waals surface area contributed by atoms with Gasteiger partial charge in [-0.1, -0.05) is 29.8 Å². The molecule has 0 radical (unpaired) electrons. The van der Waals surface area contributed by atoms with E-state index in [2.05, 4.69) is 49.1 Å². The van der Waals surface area contributed by atoms with E-state index in [1.165, 1.54) is 29.5 Å². The van der Waals surface area contributed by atoms with E-state index in [9.17, 15) is 0 Å². The van der Waals surface area contributed by atoms with Crippen molar-refractivity contribution in [2.75, 3.05) is 13.7 Å². The van der Waals surface area contributed by atoms with Gasteiger partial charge in [0.25, 0.3) is 0 Å².